The minimum Gasteiger partial charge on any atom is -0.462 e. The molecule has 1 N–H and O–H groups in total. The predicted octanol–water partition coefficient (Wildman–Crippen LogP) is 0.938. The molecule has 0 aromatic heterocycles. The van der Waals surface area contributed by atoms with Crippen LogP contribution in [0, 0.1) is 0 Å². The molecule has 0 saturated carbocycles. The summed E-state index contributed by atoms with van der Waals surface area (Å²) in [6.07, 6.45) is 1.39. The van der Waals surface area contributed by atoms with E-state index in [9.17, 15) is 4.79 Å². The number of hydrogen-bond donors (Lipinski definition) is 1. The van der Waals surface area contributed by atoms with E-state index >= 15 is 0 Å². The summed E-state index contributed by atoms with van der Waals surface area (Å²) in [7, 11) is 0. The number of carbonyl (C=O) groups excluding carboxylic acids is 1. The lowest BCUT2D eigenvalue weighted by atomic mass is 10.2. The van der Waals surface area contributed by atoms with Gasteiger partial charge in [-0.1, -0.05) is 0 Å². The van der Waals surface area contributed by atoms with Gasteiger partial charge in [-0.3, -0.25) is 4.79 Å². The highest BCUT2D eigenvalue weighted by Crippen LogP contribution is 2.02. The average Bonchev–Trinajstić information content (AvgIpc) is 1.54. The second-order valence-electron chi connectivity index (χ2n) is 3.43. The summed E-state index contributed by atoms with van der Waals surface area (Å²) in [6, 6.07) is 0. The van der Waals surface area contributed by atoms with Crippen molar-refractivity contribution in [2.45, 2.75) is 32.8 Å². The lowest BCUT2D eigenvalue weighted by Crippen LogP contribution is -2.29. The lowest BCUT2D eigenvalue weighted by Gasteiger charge is -2.14. The van der Waals surface area contributed by atoms with Crippen molar-refractivity contribution < 1.29 is 9.53 Å². The van der Waals surface area contributed by atoms with E-state index < -0.39 is 0 Å². The minimum atomic E-state index is -0.318. The molecule has 0 unspecified atom stereocenters. The Hall–Kier alpha value is -0.570. The fraction of sp³-hybridized carbons (Fsp3) is 0.875. The molecule has 1 aliphatic rings. The Morgan fingerprint density at radius 2 is 1.73 bits per heavy atom. The fourth-order valence-corrected chi connectivity index (χ4v) is 0.321. The zero-order valence-corrected chi connectivity index (χ0v) is 7.52. The molecule has 0 radical (unpaired) electrons. The van der Waals surface area contributed by atoms with Crippen molar-refractivity contribution in [1.29, 1.82) is 0 Å². The molecule has 1 fully saturated rings. The van der Waals surface area contributed by atoms with Gasteiger partial charge in [0.25, 0.3) is 6.47 Å². The molecular weight excluding hydrogens is 142 g/mol. The molecule has 0 aromatic carbocycles. The maximum Gasteiger partial charge on any atom is 0.293 e. The van der Waals surface area contributed by atoms with E-state index in [0.29, 0.717) is 6.47 Å². The van der Waals surface area contributed by atoms with E-state index in [0.717, 1.165) is 0 Å². The Bertz CT molecular complexity index is 99.1. The minimum absolute atomic E-state index is 0.318. The van der Waals surface area contributed by atoms with E-state index in [1.165, 1.54) is 19.5 Å². The summed E-state index contributed by atoms with van der Waals surface area (Å²) in [5.41, 5.74) is -0.318. The van der Waals surface area contributed by atoms with Crippen LogP contribution in [0.4, 0.5) is 0 Å². The number of carbonyl (C=O) groups is 1. The molecule has 66 valence electrons. The maximum absolute atomic E-state index is 9.60. The smallest absolute Gasteiger partial charge is 0.293 e. The van der Waals surface area contributed by atoms with E-state index in [2.05, 4.69) is 10.1 Å². The van der Waals surface area contributed by atoms with E-state index in [4.69, 9.17) is 0 Å². The standard InChI is InChI=1S/C5H10O2.C3H7N/c1-5(2,3)7-4-6;1-2-4-3-1/h4H,1-3H3;4H,1-3H2. The van der Waals surface area contributed by atoms with Crippen molar-refractivity contribution >= 4 is 6.47 Å². The number of nitrogens with one attached hydrogen (secondary N) is 1. The van der Waals surface area contributed by atoms with Gasteiger partial charge in [-0.2, -0.15) is 0 Å². The molecule has 0 bridgehead atoms. The van der Waals surface area contributed by atoms with Crippen molar-refractivity contribution in [3.8, 4) is 0 Å². The van der Waals surface area contributed by atoms with Gasteiger partial charge in [0.2, 0.25) is 0 Å². The Morgan fingerprint density at radius 3 is 1.73 bits per heavy atom. The van der Waals surface area contributed by atoms with Crippen molar-refractivity contribution in [1.82, 2.24) is 5.32 Å². The largest absolute Gasteiger partial charge is 0.462 e. The first-order valence-electron chi connectivity index (χ1n) is 3.88. The zero-order valence-electron chi connectivity index (χ0n) is 7.52. The third-order valence-electron chi connectivity index (χ3n) is 1.11. The van der Waals surface area contributed by atoms with Crippen molar-refractivity contribution in [3.05, 3.63) is 0 Å². The fourth-order valence-electron chi connectivity index (χ4n) is 0.321. The highest BCUT2D eigenvalue weighted by molar-refractivity contribution is 5.37. The van der Waals surface area contributed by atoms with Crippen LogP contribution in [0.1, 0.15) is 27.2 Å². The van der Waals surface area contributed by atoms with Gasteiger partial charge in [0.15, 0.2) is 0 Å². The molecule has 3 nitrogen and oxygen atoms in total. The summed E-state index contributed by atoms with van der Waals surface area (Å²) in [5.74, 6) is 0. The summed E-state index contributed by atoms with van der Waals surface area (Å²) < 4.78 is 4.55. The van der Waals surface area contributed by atoms with Crippen LogP contribution in [0.15, 0.2) is 0 Å². The Labute approximate surface area is 68.1 Å². The van der Waals surface area contributed by atoms with Gasteiger partial charge in [0.1, 0.15) is 5.60 Å². The van der Waals surface area contributed by atoms with Crippen LogP contribution in [0.3, 0.4) is 0 Å². The summed E-state index contributed by atoms with van der Waals surface area (Å²) in [4.78, 5) is 9.60. The van der Waals surface area contributed by atoms with Gasteiger partial charge in [-0.15, -0.1) is 0 Å². The number of ether oxygens (including phenoxy) is 1. The molecule has 0 aromatic rings. The third kappa shape index (κ3) is 9.43. The van der Waals surface area contributed by atoms with Crippen LogP contribution >= 0.6 is 0 Å². The molecular formula is C8H17NO2. The monoisotopic (exact) mass is 159 g/mol. The summed E-state index contributed by atoms with van der Waals surface area (Å²) in [5, 5.41) is 3.11. The Kier molecular flexibility index (Phi) is 4.86. The second-order valence-corrected chi connectivity index (χ2v) is 3.43. The molecule has 1 rings (SSSR count). The zero-order chi connectivity index (χ0) is 8.74. The van der Waals surface area contributed by atoms with Crippen LogP contribution < -0.4 is 5.32 Å². The van der Waals surface area contributed by atoms with E-state index in [1.54, 1.807) is 0 Å². The number of rotatable bonds is 1. The molecule has 11 heavy (non-hydrogen) atoms. The van der Waals surface area contributed by atoms with Crippen molar-refractivity contribution in [3.63, 3.8) is 0 Å². The quantitative estimate of drug-likeness (QED) is 0.579. The van der Waals surface area contributed by atoms with E-state index in [1.807, 2.05) is 20.8 Å². The SMILES string of the molecule is C1CNC1.CC(C)(C)OC=O. The average molecular weight is 159 g/mol. The van der Waals surface area contributed by atoms with Gasteiger partial charge >= 0.3 is 0 Å². The van der Waals surface area contributed by atoms with Gasteiger partial charge in [-0.05, 0) is 40.3 Å². The van der Waals surface area contributed by atoms with Crippen LogP contribution in [-0.2, 0) is 9.53 Å². The topological polar surface area (TPSA) is 38.3 Å². The Morgan fingerprint density at radius 1 is 1.36 bits per heavy atom. The molecule has 3 heteroatoms. The third-order valence-corrected chi connectivity index (χ3v) is 1.11. The van der Waals surface area contributed by atoms with Crippen LogP contribution in [0.25, 0.3) is 0 Å². The maximum atomic E-state index is 9.60. The van der Waals surface area contributed by atoms with Crippen LogP contribution in [0.5, 0.6) is 0 Å². The first-order valence-corrected chi connectivity index (χ1v) is 3.88. The predicted molar refractivity (Wildman–Crippen MR) is 44.4 cm³/mol. The normalized spacial score (nSPS) is 15.5. The first kappa shape index (κ1) is 10.4. The second kappa shape index (κ2) is 5.13. The highest BCUT2D eigenvalue weighted by Gasteiger charge is 2.07. The van der Waals surface area contributed by atoms with Crippen LogP contribution in [0.2, 0.25) is 0 Å². The lowest BCUT2D eigenvalue weighted by molar-refractivity contribution is -0.138. The molecule has 0 aliphatic carbocycles. The molecule has 1 saturated heterocycles. The molecule has 1 aliphatic heterocycles. The molecule has 0 amide bonds. The summed E-state index contributed by atoms with van der Waals surface area (Å²) in [6.45, 7) is 8.42. The van der Waals surface area contributed by atoms with Gasteiger partial charge in [-0.25, -0.2) is 0 Å². The van der Waals surface area contributed by atoms with Gasteiger partial charge in [0, 0.05) is 0 Å². The van der Waals surface area contributed by atoms with Crippen LogP contribution in [-0.4, -0.2) is 25.2 Å². The Balaban J connectivity index is 0.000000207. The number of hydrogen-bond acceptors (Lipinski definition) is 3. The first-order chi connectivity index (χ1) is 5.06. The van der Waals surface area contributed by atoms with Crippen molar-refractivity contribution in [2.24, 2.45) is 0 Å². The van der Waals surface area contributed by atoms with Crippen molar-refractivity contribution in [2.75, 3.05) is 13.1 Å². The molecule has 1 heterocycles. The highest BCUT2D eigenvalue weighted by atomic mass is 16.5. The van der Waals surface area contributed by atoms with Gasteiger partial charge < -0.3 is 10.1 Å². The van der Waals surface area contributed by atoms with E-state index in [-0.39, 0.29) is 5.60 Å². The molecule has 0 atom stereocenters. The summed E-state index contributed by atoms with van der Waals surface area (Å²) >= 11 is 0. The van der Waals surface area contributed by atoms with Gasteiger partial charge in [0.05, 0.1) is 0 Å². The molecule has 0 spiro atoms.